The van der Waals surface area contributed by atoms with E-state index < -0.39 is 0 Å². The van der Waals surface area contributed by atoms with Crippen molar-refractivity contribution in [1.29, 1.82) is 0 Å². The second kappa shape index (κ2) is 5.37. The average Bonchev–Trinajstić information content (AvgIpc) is 2.45. The van der Waals surface area contributed by atoms with E-state index in [4.69, 9.17) is 17.3 Å². The minimum absolute atomic E-state index is 0.565. The van der Waals surface area contributed by atoms with Crippen molar-refractivity contribution in [3.05, 3.63) is 16.9 Å². The maximum absolute atomic E-state index is 6.16. The monoisotopic (exact) mass is 215 g/mol. The predicted octanol–water partition coefficient (Wildman–Crippen LogP) is 2.08. The van der Waals surface area contributed by atoms with Crippen LogP contribution in [0.15, 0.2) is 6.20 Å². The van der Waals surface area contributed by atoms with Gasteiger partial charge >= 0.3 is 0 Å². The molecule has 3 nitrogen and oxygen atoms in total. The van der Waals surface area contributed by atoms with Gasteiger partial charge in [0.05, 0.1) is 6.20 Å². The molecule has 0 aliphatic rings. The Morgan fingerprint density at radius 3 is 2.86 bits per heavy atom. The van der Waals surface area contributed by atoms with E-state index in [1.165, 1.54) is 0 Å². The van der Waals surface area contributed by atoms with Gasteiger partial charge in [-0.05, 0) is 25.3 Å². The maximum Gasteiger partial charge on any atom is 0.130 e. The SMILES string of the molecule is CC(C)Cn1ncc(CCCN)c1Cl. The van der Waals surface area contributed by atoms with Gasteiger partial charge in [-0.15, -0.1) is 0 Å². The van der Waals surface area contributed by atoms with Crippen LogP contribution in [0.1, 0.15) is 25.8 Å². The van der Waals surface area contributed by atoms with Crippen molar-refractivity contribution in [3.8, 4) is 0 Å². The molecule has 0 radical (unpaired) electrons. The van der Waals surface area contributed by atoms with E-state index in [1.54, 1.807) is 0 Å². The molecule has 2 N–H and O–H groups in total. The first-order chi connectivity index (χ1) is 6.65. The molecule has 1 rings (SSSR count). The van der Waals surface area contributed by atoms with Gasteiger partial charge < -0.3 is 5.73 Å². The second-order valence-corrected chi connectivity index (χ2v) is 4.29. The van der Waals surface area contributed by atoms with E-state index in [-0.39, 0.29) is 0 Å². The van der Waals surface area contributed by atoms with Crippen LogP contribution in [0, 0.1) is 5.92 Å². The number of nitrogens with two attached hydrogens (primary N) is 1. The molecule has 0 saturated carbocycles. The van der Waals surface area contributed by atoms with Crippen LogP contribution in [0.4, 0.5) is 0 Å². The van der Waals surface area contributed by atoms with Crippen LogP contribution in [0.3, 0.4) is 0 Å². The van der Waals surface area contributed by atoms with Gasteiger partial charge in [-0.2, -0.15) is 5.10 Å². The van der Waals surface area contributed by atoms with Crippen molar-refractivity contribution in [1.82, 2.24) is 9.78 Å². The van der Waals surface area contributed by atoms with Gasteiger partial charge in [0.15, 0.2) is 0 Å². The van der Waals surface area contributed by atoms with Crippen LogP contribution in [-0.4, -0.2) is 16.3 Å². The molecular weight excluding hydrogens is 198 g/mol. The molecule has 0 aliphatic heterocycles. The van der Waals surface area contributed by atoms with E-state index in [0.717, 1.165) is 30.1 Å². The summed E-state index contributed by atoms with van der Waals surface area (Å²) in [5.74, 6) is 0.565. The molecule has 0 aliphatic carbocycles. The van der Waals surface area contributed by atoms with Crippen LogP contribution < -0.4 is 5.73 Å². The molecule has 80 valence electrons. The van der Waals surface area contributed by atoms with E-state index in [2.05, 4.69) is 18.9 Å². The summed E-state index contributed by atoms with van der Waals surface area (Å²) in [5.41, 5.74) is 6.55. The first-order valence-electron chi connectivity index (χ1n) is 5.05. The quantitative estimate of drug-likeness (QED) is 0.818. The zero-order chi connectivity index (χ0) is 10.6. The first-order valence-corrected chi connectivity index (χ1v) is 5.43. The van der Waals surface area contributed by atoms with Gasteiger partial charge in [0.2, 0.25) is 0 Å². The Labute approximate surface area is 90.2 Å². The summed E-state index contributed by atoms with van der Waals surface area (Å²) < 4.78 is 1.86. The lowest BCUT2D eigenvalue weighted by atomic mass is 10.2. The summed E-state index contributed by atoms with van der Waals surface area (Å²) in [5, 5.41) is 5.02. The van der Waals surface area contributed by atoms with Gasteiger partial charge in [0.1, 0.15) is 5.15 Å². The Kier molecular flexibility index (Phi) is 4.42. The molecule has 0 bridgehead atoms. The third-order valence-electron chi connectivity index (χ3n) is 2.03. The fourth-order valence-electron chi connectivity index (χ4n) is 1.34. The summed E-state index contributed by atoms with van der Waals surface area (Å²) in [6.45, 7) is 5.88. The van der Waals surface area contributed by atoms with Gasteiger partial charge in [0, 0.05) is 12.1 Å². The lowest BCUT2D eigenvalue weighted by molar-refractivity contribution is 0.483. The highest BCUT2D eigenvalue weighted by atomic mass is 35.5. The lowest BCUT2D eigenvalue weighted by Crippen LogP contribution is -2.06. The molecule has 1 aromatic rings. The smallest absolute Gasteiger partial charge is 0.130 e. The highest BCUT2D eigenvalue weighted by molar-refractivity contribution is 6.30. The molecule has 1 heterocycles. The summed E-state index contributed by atoms with van der Waals surface area (Å²) in [6.07, 6.45) is 3.74. The van der Waals surface area contributed by atoms with Crippen molar-refractivity contribution >= 4 is 11.6 Å². The first kappa shape index (κ1) is 11.5. The molecule has 14 heavy (non-hydrogen) atoms. The largest absolute Gasteiger partial charge is 0.330 e. The molecule has 0 aromatic carbocycles. The Bertz CT molecular complexity index is 281. The molecule has 0 saturated heterocycles. The van der Waals surface area contributed by atoms with Crippen molar-refractivity contribution in [2.24, 2.45) is 11.7 Å². The highest BCUT2D eigenvalue weighted by Gasteiger charge is 2.08. The highest BCUT2D eigenvalue weighted by Crippen LogP contribution is 2.17. The molecular formula is C10H18ClN3. The predicted molar refractivity (Wildman–Crippen MR) is 59.5 cm³/mol. The molecule has 0 fully saturated rings. The van der Waals surface area contributed by atoms with Gasteiger partial charge in [-0.25, -0.2) is 0 Å². The normalized spacial score (nSPS) is 11.2. The summed E-state index contributed by atoms with van der Waals surface area (Å²) in [6, 6.07) is 0. The number of aryl methyl sites for hydroxylation is 1. The van der Waals surface area contributed by atoms with Crippen LogP contribution in [-0.2, 0) is 13.0 Å². The molecule has 1 aromatic heterocycles. The zero-order valence-electron chi connectivity index (χ0n) is 8.83. The second-order valence-electron chi connectivity index (χ2n) is 3.93. The molecule has 0 unspecified atom stereocenters. The minimum Gasteiger partial charge on any atom is -0.330 e. The molecule has 4 heteroatoms. The number of hydrogen-bond acceptors (Lipinski definition) is 2. The minimum atomic E-state index is 0.565. The third kappa shape index (κ3) is 3.00. The maximum atomic E-state index is 6.16. The van der Waals surface area contributed by atoms with Gasteiger partial charge in [0.25, 0.3) is 0 Å². The summed E-state index contributed by atoms with van der Waals surface area (Å²) in [7, 11) is 0. The number of hydrogen-bond donors (Lipinski definition) is 1. The number of aromatic nitrogens is 2. The van der Waals surface area contributed by atoms with E-state index in [1.807, 2.05) is 10.9 Å². The van der Waals surface area contributed by atoms with E-state index >= 15 is 0 Å². The fourth-order valence-corrected chi connectivity index (χ4v) is 1.60. The Hall–Kier alpha value is -0.540. The topological polar surface area (TPSA) is 43.8 Å². The Morgan fingerprint density at radius 2 is 2.29 bits per heavy atom. The summed E-state index contributed by atoms with van der Waals surface area (Å²) >= 11 is 6.16. The third-order valence-corrected chi connectivity index (χ3v) is 2.47. The number of halogens is 1. The Balaban J connectivity index is 2.65. The van der Waals surface area contributed by atoms with E-state index in [0.29, 0.717) is 12.5 Å². The Morgan fingerprint density at radius 1 is 1.57 bits per heavy atom. The van der Waals surface area contributed by atoms with Crippen LogP contribution in [0.5, 0.6) is 0 Å². The van der Waals surface area contributed by atoms with Crippen LogP contribution in [0.2, 0.25) is 5.15 Å². The van der Waals surface area contributed by atoms with Crippen LogP contribution in [0.25, 0.3) is 0 Å². The van der Waals surface area contributed by atoms with Gasteiger partial charge in [-0.3, -0.25) is 4.68 Å². The van der Waals surface area contributed by atoms with Crippen LogP contribution >= 0.6 is 11.6 Å². The van der Waals surface area contributed by atoms with Crippen molar-refractivity contribution in [3.63, 3.8) is 0 Å². The lowest BCUT2D eigenvalue weighted by Gasteiger charge is -2.06. The molecule has 0 atom stereocenters. The number of rotatable bonds is 5. The zero-order valence-corrected chi connectivity index (χ0v) is 9.59. The average molecular weight is 216 g/mol. The van der Waals surface area contributed by atoms with Crippen molar-refractivity contribution in [2.75, 3.05) is 6.54 Å². The van der Waals surface area contributed by atoms with Gasteiger partial charge in [-0.1, -0.05) is 25.4 Å². The fraction of sp³-hybridized carbons (Fsp3) is 0.700. The standard InChI is InChI=1S/C10H18ClN3/c1-8(2)7-14-10(11)9(6-13-14)4-3-5-12/h6,8H,3-5,7,12H2,1-2H3. The molecule has 0 spiro atoms. The molecule has 0 amide bonds. The summed E-state index contributed by atoms with van der Waals surface area (Å²) in [4.78, 5) is 0. The van der Waals surface area contributed by atoms with Crippen molar-refractivity contribution < 1.29 is 0 Å². The number of nitrogens with zero attached hydrogens (tertiary/aromatic N) is 2. The van der Waals surface area contributed by atoms with E-state index in [9.17, 15) is 0 Å². The van der Waals surface area contributed by atoms with Crippen molar-refractivity contribution in [2.45, 2.75) is 33.2 Å².